The van der Waals surface area contributed by atoms with Crippen LogP contribution in [-0.4, -0.2) is 17.5 Å². The Balaban J connectivity index is 2.22. The number of rotatable bonds is 4. The van der Waals surface area contributed by atoms with E-state index in [1.165, 1.54) is 12.4 Å². The summed E-state index contributed by atoms with van der Waals surface area (Å²) in [6.07, 6.45) is 2.98. The van der Waals surface area contributed by atoms with E-state index in [4.69, 9.17) is 10.5 Å². The van der Waals surface area contributed by atoms with Crippen molar-refractivity contribution in [2.45, 2.75) is 6.92 Å². The van der Waals surface area contributed by atoms with Crippen molar-refractivity contribution >= 4 is 17.3 Å². The molecule has 0 radical (unpaired) electrons. The molecule has 3 N–H and O–H groups in total. The first kappa shape index (κ1) is 12.9. The number of hydrogen-bond donors (Lipinski definition) is 2. The second-order valence-electron chi connectivity index (χ2n) is 3.85. The lowest BCUT2D eigenvalue weighted by atomic mass is 10.2. The number of carbonyl (C=O) groups excluding carboxylic acids is 1. The second-order valence-corrected chi connectivity index (χ2v) is 3.85. The Morgan fingerprint density at radius 3 is 2.89 bits per heavy atom. The van der Waals surface area contributed by atoms with Crippen molar-refractivity contribution in [2.24, 2.45) is 0 Å². The number of ether oxygens (including phenoxy) is 1. The van der Waals surface area contributed by atoms with Crippen molar-refractivity contribution in [3.63, 3.8) is 0 Å². The summed E-state index contributed by atoms with van der Waals surface area (Å²) in [4.78, 5) is 16.0. The molecule has 1 aromatic heterocycles. The molecule has 1 heterocycles. The normalized spacial score (nSPS) is 9.95. The average Bonchev–Trinajstić information content (AvgIpc) is 2.41. The van der Waals surface area contributed by atoms with Crippen LogP contribution in [0.3, 0.4) is 0 Å². The molecule has 0 spiro atoms. The van der Waals surface area contributed by atoms with Crippen molar-refractivity contribution in [3.8, 4) is 5.75 Å². The largest absolute Gasteiger partial charge is 0.492 e. The Morgan fingerprint density at radius 2 is 2.16 bits per heavy atom. The molecule has 1 aromatic carbocycles. The van der Waals surface area contributed by atoms with Crippen molar-refractivity contribution in [1.82, 2.24) is 4.98 Å². The van der Waals surface area contributed by atoms with Crippen molar-refractivity contribution in [3.05, 3.63) is 48.3 Å². The third-order valence-corrected chi connectivity index (χ3v) is 2.53. The summed E-state index contributed by atoms with van der Waals surface area (Å²) >= 11 is 0. The second kappa shape index (κ2) is 5.86. The molecule has 5 heteroatoms. The molecule has 0 unspecified atom stereocenters. The Hall–Kier alpha value is -2.56. The third-order valence-electron chi connectivity index (χ3n) is 2.53. The van der Waals surface area contributed by atoms with E-state index in [1.54, 1.807) is 18.2 Å². The minimum Gasteiger partial charge on any atom is -0.492 e. The first-order valence-corrected chi connectivity index (χ1v) is 5.95. The van der Waals surface area contributed by atoms with Gasteiger partial charge in [-0.25, -0.2) is 0 Å². The molecule has 0 bridgehead atoms. The van der Waals surface area contributed by atoms with Crippen LogP contribution in [0.4, 0.5) is 11.4 Å². The fourth-order valence-electron chi connectivity index (χ4n) is 1.65. The van der Waals surface area contributed by atoms with Gasteiger partial charge in [0.05, 0.1) is 29.7 Å². The number of nitrogen functional groups attached to an aromatic ring is 1. The molecular weight excluding hydrogens is 242 g/mol. The minimum absolute atomic E-state index is 0.285. The number of nitrogens with one attached hydrogen (secondary N) is 1. The van der Waals surface area contributed by atoms with Gasteiger partial charge < -0.3 is 15.8 Å². The number of carbonyl (C=O) groups is 1. The molecule has 0 saturated heterocycles. The molecule has 0 aliphatic carbocycles. The third kappa shape index (κ3) is 3.01. The van der Waals surface area contributed by atoms with Gasteiger partial charge in [-0.05, 0) is 25.1 Å². The topological polar surface area (TPSA) is 77.2 Å². The number of pyridine rings is 1. The maximum atomic E-state index is 12.1. The van der Waals surface area contributed by atoms with Gasteiger partial charge in [-0.3, -0.25) is 9.78 Å². The number of anilines is 2. The maximum absolute atomic E-state index is 12.1. The highest BCUT2D eigenvalue weighted by atomic mass is 16.5. The van der Waals surface area contributed by atoms with Crippen LogP contribution in [0.1, 0.15) is 17.3 Å². The van der Waals surface area contributed by atoms with E-state index in [2.05, 4.69) is 10.3 Å². The molecule has 0 fully saturated rings. The van der Waals surface area contributed by atoms with Crippen LogP contribution >= 0.6 is 0 Å². The van der Waals surface area contributed by atoms with Crippen LogP contribution in [0.5, 0.6) is 5.75 Å². The summed E-state index contributed by atoms with van der Waals surface area (Å²) < 4.78 is 5.45. The van der Waals surface area contributed by atoms with Crippen LogP contribution in [0.15, 0.2) is 42.7 Å². The van der Waals surface area contributed by atoms with Gasteiger partial charge in [0.15, 0.2) is 0 Å². The standard InChI is InChI=1S/C14H15N3O2/c1-2-19-13-6-4-3-5-12(13)17-14(18)10-7-8-16-9-11(10)15/h3-9H,2,15H2,1H3,(H,17,18). The number of nitrogens with zero attached hydrogens (tertiary/aromatic N) is 1. The van der Waals surface area contributed by atoms with E-state index in [9.17, 15) is 4.79 Å². The number of hydrogen-bond acceptors (Lipinski definition) is 4. The molecule has 1 amide bonds. The summed E-state index contributed by atoms with van der Waals surface area (Å²) in [5.74, 6) is 0.345. The molecule has 0 aliphatic heterocycles. The van der Waals surface area contributed by atoms with E-state index >= 15 is 0 Å². The van der Waals surface area contributed by atoms with Gasteiger partial charge in [-0.15, -0.1) is 0 Å². The average molecular weight is 257 g/mol. The van der Waals surface area contributed by atoms with Gasteiger partial charge in [-0.1, -0.05) is 12.1 Å². The predicted octanol–water partition coefficient (Wildman–Crippen LogP) is 2.31. The summed E-state index contributed by atoms with van der Waals surface area (Å²) in [5.41, 5.74) is 7.07. The van der Waals surface area contributed by atoms with E-state index in [1.807, 2.05) is 19.1 Å². The summed E-state index contributed by atoms with van der Waals surface area (Å²) in [6, 6.07) is 8.83. The zero-order valence-corrected chi connectivity index (χ0v) is 10.6. The van der Waals surface area contributed by atoms with Gasteiger partial charge in [-0.2, -0.15) is 0 Å². The zero-order chi connectivity index (χ0) is 13.7. The quantitative estimate of drug-likeness (QED) is 0.881. The highest BCUT2D eigenvalue weighted by molar-refractivity contribution is 6.08. The summed E-state index contributed by atoms with van der Waals surface area (Å²) in [6.45, 7) is 2.42. The van der Waals surface area contributed by atoms with E-state index in [-0.39, 0.29) is 5.91 Å². The van der Waals surface area contributed by atoms with Gasteiger partial charge in [0.1, 0.15) is 5.75 Å². The first-order chi connectivity index (χ1) is 9.22. The highest BCUT2D eigenvalue weighted by Gasteiger charge is 2.11. The Kier molecular flexibility index (Phi) is 3.97. The van der Waals surface area contributed by atoms with Crippen molar-refractivity contribution in [2.75, 3.05) is 17.7 Å². The summed E-state index contributed by atoms with van der Waals surface area (Å²) in [7, 11) is 0. The van der Waals surface area contributed by atoms with E-state index < -0.39 is 0 Å². The van der Waals surface area contributed by atoms with Crippen LogP contribution in [0.2, 0.25) is 0 Å². The van der Waals surface area contributed by atoms with Crippen molar-refractivity contribution < 1.29 is 9.53 Å². The molecule has 0 saturated carbocycles. The monoisotopic (exact) mass is 257 g/mol. The lowest BCUT2D eigenvalue weighted by Gasteiger charge is -2.11. The fraction of sp³-hybridized carbons (Fsp3) is 0.143. The maximum Gasteiger partial charge on any atom is 0.257 e. The highest BCUT2D eigenvalue weighted by Crippen LogP contribution is 2.24. The Labute approximate surface area is 111 Å². The van der Waals surface area contributed by atoms with E-state index in [0.29, 0.717) is 29.3 Å². The Morgan fingerprint density at radius 1 is 1.37 bits per heavy atom. The van der Waals surface area contributed by atoms with Crippen LogP contribution in [-0.2, 0) is 0 Å². The van der Waals surface area contributed by atoms with Gasteiger partial charge in [0, 0.05) is 6.20 Å². The molecular formula is C14H15N3O2. The zero-order valence-electron chi connectivity index (χ0n) is 10.6. The molecule has 98 valence electrons. The number of para-hydroxylation sites is 2. The lowest BCUT2D eigenvalue weighted by molar-refractivity contribution is 0.102. The number of nitrogens with two attached hydrogens (primary N) is 1. The van der Waals surface area contributed by atoms with E-state index in [0.717, 1.165) is 0 Å². The molecule has 2 aromatic rings. The smallest absolute Gasteiger partial charge is 0.257 e. The predicted molar refractivity (Wildman–Crippen MR) is 74.2 cm³/mol. The number of benzene rings is 1. The number of aromatic nitrogens is 1. The number of amides is 1. The van der Waals surface area contributed by atoms with Gasteiger partial charge >= 0.3 is 0 Å². The molecule has 0 atom stereocenters. The molecule has 19 heavy (non-hydrogen) atoms. The first-order valence-electron chi connectivity index (χ1n) is 5.95. The molecule has 2 rings (SSSR count). The lowest BCUT2D eigenvalue weighted by Crippen LogP contribution is -2.15. The van der Waals surface area contributed by atoms with Gasteiger partial charge in [0.25, 0.3) is 5.91 Å². The molecule has 0 aliphatic rings. The Bertz CT molecular complexity index is 584. The van der Waals surface area contributed by atoms with Crippen LogP contribution in [0.25, 0.3) is 0 Å². The van der Waals surface area contributed by atoms with Crippen LogP contribution < -0.4 is 15.8 Å². The SMILES string of the molecule is CCOc1ccccc1NC(=O)c1ccncc1N. The van der Waals surface area contributed by atoms with Crippen molar-refractivity contribution in [1.29, 1.82) is 0 Å². The van der Waals surface area contributed by atoms with Crippen LogP contribution in [0, 0.1) is 0 Å². The van der Waals surface area contributed by atoms with Gasteiger partial charge in [0.2, 0.25) is 0 Å². The minimum atomic E-state index is -0.285. The molecule has 5 nitrogen and oxygen atoms in total. The summed E-state index contributed by atoms with van der Waals surface area (Å²) in [5, 5.41) is 2.78. The fourth-order valence-corrected chi connectivity index (χ4v) is 1.65.